The molecule has 1 aromatic rings. The van der Waals surface area contributed by atoms with Crippen molar-refractivity contribution in [3.63, 3.8) is 0 Å². The van der Waals surface area contributed by atoms with E-state index in [1.54, 1.807) is 0 Å². The number of ether oxygens (including phenoxy) is 1. The Morgan fingerprint density at radius 3 is 2.53 bits per heavy atom. The van der Waals surface area contributed by atoms with Crippen LogP contribution in [-0.4, -0.2) is 24.3 Å². The van der Waals surface area contributed by atoms with E-state index >= 15 is 0 Å². The lowest BCUT2D eigenvalue weighted by molar-refractivity contribution is -0.170. The van der Waals surface area contributed by atoms with Crippen molar-refractivity contribution in [2.45, 2.75) is 31.7 Å². The van der Waals surface area contributed by atoms with Gasteiger partial charge < -0.3 is 14.8 Å². The van der Waals surface area contributed by atoms with Crippen molar-refractivity contribution >= 4 is 12.2 Å². The topological polar surface area (TPSA) is 55.4 Å². The smallest absolute Gasteiger partial charge is 0.258 e. The van der Waals surface area contributed by atoms with Crippen LogP contribution in [0.5, 0.6) is 5.75 Å². The van der Waals surface area contributed by atoms with Crippen LogP contribution in [0.4, 0.5) is 0 Å². The molecule has 0 heterocycles. The largest absolute Gasteiger partial charge is 0.484 e. The first-order valence-corrected chi connectivity index (χ1v) is 6.52. The van der Waals surface area contributed by atoms with Crippen LogP contribution >= 0.6 is 0 Å². The first-order valence-electron chi connectivity index (χ1n) is 6.52. The quantitative estimate of drug-likeness (QED) is 0.817. The average molecular weight is 259 g/mol. The predicted molar refractivity (Wildman–Crippen MR) is 69.9 cm³/mol. The molecule has 0 spiro atoms. The summed E-state index contributed by atoms with van der Waals surface area (Å²) in [4.78, 5) is 22.6. The minimum Gasteiger partial charge on any atom is -0.484 e. The van der Waals surface area contributed by atoms with E-state index in [0.29, 0.717) is 5.75 Å². The van der Waals surface area contributed by atoms with Gasteiger partial charge in [-0.05, 0) is 38.3 Å². The number of benzene rings is 1. The third kappa shape index (κ3) is 2.11. The molecule has 100 valence electrons. The zero-order valence-corrected chi connectivity index (χ0v) is 10.9. The maximum atomic E-state index is 11.8. The Morgan fingerprint density at radius 2 is 1.95 bits per heavy atom. The maximum absolute atomic E-state index is 11.8. The second kappa shape index (κ2) is 4.08. The minimum atomic E-state index is -0.120. The number of amides is 1. The highest BCUT2D eigenvalue weighted by molar-refractivity contribution is 5.80. The van der Waals surface area contributed by atoms with Crippen molar-refractivity contribution in [1.29, 1.82) is 0 Å². The molecule has 4 nitrogen and oxygen atoms in total. The average Bonchev–Trinajstić information content (AvgIpc) is 2.31. The van der Waals surface area contributed by atoms with Gasteiger partial charge in [-0.1, -0.05) is 17.7 Å². The van der Waals surface area contributed by atoms with Gasteiger partial charge in [0.25, 0.3) is 5.91 Å². The Labute approximate surface area is 112 Å². The van der Waals surface area contributed by atoms with Crippen molar-refractivity contribution in [1.82, 2.24) is 5.32 Å². The molecule has 4 heteroatoms. The Morgan fingerprint density at radius 1 is 1.32 bits per heavy atom. The van der Waals surface area contributed by atoms with E-state index in [1.165, 1.54) is 0 Å². The van der Waals surface area contributed by atoms with Gasteiger partial charge in [0.05, 0.1) is 0 Å². The number of hydrogen-bond acceptors (Lipinski definition) is 3. The molecule has 0 radical (unpaired) electrons. The van der Waals surface area contributed by atoms with Crippen molar-refractivity contribution < 1.29 is 14.3 Å². The fourth-order valence-corrected chi connectivity index (χ4v) is 3.24. The van der Waals surface area contributed by atoms with Crippen molar-refractivity contribution in [3.8, 4) is 5.75 Å². The molecule has 4 rings (SSSR count). The Kier molecular flexibility index (Phi) is 2.62. The van der Waals surface area contributed by atoms with Crippen LogP contribution in [0.25, 0.3) is 0 Å². The molecule has 1 amide bonds. The third-order valence-corrected chi connectivity index (χ3v) is 4.12. The fourth-order valence-electron chi connectivity index (χ4n) is 3.24. The maximum Gasteiger partial charge on any atom is 0.258 e. The molecule has 19 heavy (non-hydrogen) atoms. The predicted octanol–water partition coefficient (Wildman–Crippen LogP) is 1.61. The van der Waals surface area contributed by atoms with Gasteiger partial charge in [-0.25, -0.2) is 0 Å². The lowest BCUT2D eigenvalue weighted by Gasteiger charge is -2.68. The summed E-state index contributed by atoms with van der Waals surface area (Å²) in [5.41, 5.74) is 0.921. The number of carbonyl (C=O) groups excluding carboxylic acids is 2. The number of rotatable bonds is 5. The van der Waals surface area contributed by atoms with Crippen molar-refractivity contribution in [3.05, 3.63) is 29.8 Å². The summed E-state index contributed by atoms with van der Waals surface area (Å²) in [7, 11) is 0. The number of aldehydes is 1. The van der Waals surface area contributed by atoms with Gasteiger partial charge in [0.1, 0.15) is 12.0 Å². The van der Waals surface area contributed by atoms with Gasteiger partial charge in [0.15, 0.2) is 6.61 Å². The van der Waals surface area contributed by atoms with Crippen molar-refractivity contribution in [2.24, 2.45) is 5.41 Å². The highest BCUT2D eigenvalue weighted by atomic mass is 16.5. The van der Waals surface area contributed by atoms with E-state index in [0.717, 1.165) is 31.1 Å². The zero-order chi connectivity index (χ0) is 13.5. The molecule has 0 aromatic heterocycles. The summed E-state index contributed by atoms with van der Waals surface area (Å²) >= 11 is 0. The normalized spacial score (nSPS) is 30.8. The Bertz CT molecular complexity index is 501. The van der Waals surface area contributed by atoms with Crippen LogP contribution in [0.1, 0.15) is 24.8 Å². The zero-order valence-electron chi connectivity index (χ0n) is 10.9. The molecule has 3 saturated carbocycles. The number of nitrogens with one attached hydrogen (secondary N) is 1. The van der Waals surface area contributed by atoms with E-state index < -0.39 is 0 Å². The van der Waals surface area contributed by atoms with E-state index in [9.17, 15) is 9.59 Å². The van der Waals surface area contributed by atoms with Gasteiger partial charge in [-0.2, -0.15) is 0 Å². The van der Waals surface area contributed by atoms with Crippen molar-refractivity contribution in [2.75, 3.05) is 6.61 Å². The summed E-state index contributed by atoms with van der Waals surface area (Å²) in [5.74, 6) is 0.586. The molecular weight excluding hydrogens is 242 g/mol. The van der Waals surface area contributed by atoms with Gasteiger partial charge in [0, 0.05) is 11.0 Å². The monoisotopic (exact) mass is 259 g/mol. The first kappa shape index (κ1) is 12.2. The van der Waals surface area contributed by atoms with E-state index in [-0.39, 0.29) is 23.5 Å². The standard InChI is InChI=1S/C15H17NO3/c1-11-2-4-12(5-3-11)19-6-13(18)16-15-7-14(8-15,9-15)10-17/h2-5,10H,6-9H2,1H3,(H,16,18). The van der Waals surface area contributed by atoms with Crippen LogP contribution in [0.15, 0.2) is 24.3 Å². The summed E-state index contributed by atoms with van der Waals surface area (Å²) < 4.78 is 5.42. The number of carbonyl (C=O) groups is 2. The molecule has 0 unspecified atom stereocenters. The molecule has 3 fully saturated rings. The number of aryl methyl sites for hydroxylation is 1. The molecule has 0 aliphatic heterocycles. The minimum absolute atomic E-state index is 0.0267. The summed E-state index contributed by atoms with van der Waals surface area (Å²) in [6, 6.07) is 7.60. The molecule has 3 aliphatic rings. The highest BCUT2D eigenvalue weighted by Gasteiger charge is 2.68. The summed E-state index contributed by atoms with van der Waals surface area (Å²) in [5, 5.41) is 2.98. The molecule has 1 N–H and O–H groups in total. The molecule has 1 aromatic carbocycles. The molecule has 2 bridgehead atoms. The fraction of sp³-hybridized carbons (Fsp3) is 0.467. The molecule has 0 atom stereocenters. The van der Waals surface area contributed by atoms with E-state index in [2.05, 4.69) is 5.32 Å². The van der Waals surface area contributed by atoms with Gasteiger partial charge in [-0.15, -0.1) is 0 Å². The summed E-state index contributed by atoms with van der Waals surface area (Å²) in [6.07, 6.45) is 3.41. The second-order valence-corrected chi connectivity index (χ2v) is 5.94. The first-order chi connectivity index (χ1) is 9.05. The van der Waals surface area contributed by atoms with E-state index in [1.807, 2.05) is 31.2 Å². The van der Waals surface area contributed by atoms with Crippen LogP contribution in [0.3, 0.4) is 0 Å². The van der Waals surface area contributed by atoms with E-state index in [4.69, 9.17) is 4.74 Å². The molecule has 3 aliphatic carbocycles. The summed E-state index contributed by atoms with van der Waals surface area (Å²) in [6.45, 7) is 2.03. The van der Waals surface area contributed by atoms with Crippen LogP contribution < -0.4 is 10.1 Å². The van der Waals surface area contributed by atoms with Crippen LogP contribution in [-0.2, 0) is 9.59 Å². The lowest BCUT2D eigenvalue weighted by atomic mass is 9.40. The molecular formula is C15H17NO3. The lowest BCUT2D eigenvalue weighted by Crippen LogP contribution is -2.75. The van der Waals surface area contributed by atoms with Crippen LogP contribution in [0, 0.1) is 12.3 Å². The third-order valence-electron chi connectivity index (χ3n) is 4.12. The number of hydrogen-bond donors (Lipinski definition) is 1. The van der Waals surface area contributed by atoms with Gasteiger partial charge in [0.2, 0.25) is 0 Å². The second-order valence-electron chi connectivity index (χ2n) is 5.94. The highest BCUT2D eigenvalue weighted by Crippen LogP contribution is 2.65. The Hall–Kier alpha value is -1.84. The Balaban J connectivity index is 1.45. The van der Waals surface area contributed by atoms with Gasteiger partial charge >= 0.3 is 0 Å². The SMILES string of the molecule is Cc1ccc(OCC(=O)NC23CC(C=O)(C2)C3)cc1. The van der Waals surface area contributed by atoms with Gasteiger partial charge in [-0.3, -0.25) is 4.79 Å². The molecule has 0 saturated heterocycles. The van der Waals surface area contributed by atoms with Crippen LogP contribution in [0.2, 0.25) is 0 Å².